The van der Waals surface area contributed by atoms with Crippen molar-refractivity contribution in [3.05, 3.63) is 93.3 Å². The third-order valence-electron chi connectivity index (χ3n) is 5.87. The zero-order chi connectivity index (χ0) is 27.6. The Kier molecular flexibility index (Phi) is 7.71. The van der Waals surface area contributed by atoms with E-state index in [9.17, 15) is 13.2 Å². The van der Waals surface area contributed by atoms with E-state index in [1.54, 1.807) is 10.6 Å². The van der Waals surface area contributed by atoms with Crippen LogP contribution in [0.25, 0.3) is 16.9 Å². The number of thiophene rings is 1. The molecule has 2 aromatic carbocycles. The van der Waals surface area contributed by atoms with Crippen molar-refractivity contribution in [3.63, 3.8) is 0 Å². The average Bonchev–Trinajstić information content (AvgIpc) is 3.59. The van der Waals surface area contributed by atoms with Crippen molar-refractivity contribution >= 4 is 63.7 Å². The van der Waals surface area contributed by atoms with Gasteiger partial charge in [-0.15, -0.1) is 11.3 Å². The number of hydrogen-bond acceptors (Lipinski definition) is 8. The summed E-state index contributed by atoms with van der Waals surface area (Å²) in [5.41, 5.74) is 3.99. The van der Waals surface area contributed by atoms with Crippen molar-refractivity contribution in [2.45, 2.75) is 18.0 Å². The molecule has 0 spiro atoms. The monoisotopic (exact) mass is 577 g/mol. The van der Waals surface area contributed by atoms with Crippen LogP contribution in [-0.4, -0.2) is 43.9 Å². The predicted octanol–water partition coefficient (Wildman–Crippen LogP) is 3.78. The lowest BCUT2D eigenvalue weighted by atomic mass is 10.0. The molecule has 0 aliphatic carbocycles. The third kappa shape index (κ3) is 5.69. The standard InChI is InChI=1S/C26H21BClN5O4S2/c1-37-26(34)24-22(9-10-38-24)39(35,36)31-14-17-6-4-5-16(11-17)13-29-23-12-21(18-7-2-3-8-20(18)28)32-25-19(27)15-30-33(23)25/h2-12,15,29,31H,13-14H2,1H3. The van der Waals surface area contributed by atoms with Crippen molar-refractivity contribution in [1.29, 1.82) is 0 Å². The number of hydrogen-bond donors (Lipinski definition) is 2. The summed E-state index contributed by atoms with van der Waals surface area (Å²) in [7, 11) is 3.39. The fraction of sp³-hybridized carbons (Fsp3) is 0.115. The molecule has 0 saturated heterocycles. The molecule has 0 bridgehead atoms. The van der Waals surface area contributed by atoms with E-state index >= 15 is 0 Å². The summed E-state index contributed by atoms with van der Waals surface area (Å²) in [5.74, 6) is -0.0363. The SMILES string of the molecule is [B]c1cnn2c(NCc3cccc(CNS(=O)(=O)c4ccsc4C(=O)OC)c3)cc(-c3ccccc3Cl)nc12. The number of nitrogens with one attached hydrogen (secondary N) is 2. The first-order chi connectivity index (χ1) is 18.8. The Morgan fingerprint density at radius 3 is 2.64 bits per heavy atom. The fourth-order valence-corrected chi connectivity index (χ4v) is 6.54. The molecule has 5 aromatic rings. The van der Waals surface area contributed by atoms with Crippen molar-refractivity contribution in [3.8, 4) is 11.3 Å². The molecule has 0 atom stereocenters. The molecule has 0 amide bonds. The molecule has 0 fully saturated rings. The van der Waals surface area contributed by atoms with Gasteiger partial charge in [-0.1, -0.05) is 54.1 Å². The quantitative estimate of drug-likeness (QED) is 0.202. The van der Waals surface area contributed by atoms with Gasteiger partial charge in [-0.25, -0.2) is 22.9 Å². The number of carbonyl (C=O) groups excluding carboxylic acids is 1. The molecule has 2 N–H and O–H groups in total. The number of methoxy groups -OCH3 is 1. The first kappa shape index (κ1) is 26.9. The molecular weight excluding hydrogens is 557 g/mol. The number of sulfonamides is 1. The van der Waals surface area contributed by atoms with Crippen LogP contribution in [0.5, 0.6) is 0 Å². The molecule has 9 nitrogen and oxygen atoms in total. The molecule has 3 heterocycles. The van der Waals surface area contributed by atoms with Crippen LogP contribution in [0.2, 0.25) is 5.02 Å². The summed E-state index contributed by atoms with van der Waals surface area (Å²) < 4.78 is 34.5. The molecule has 2 radical (unpaired) electrons. The van der Waals surface area contributed by atoms with Crippen molar-refractivity contribution in [1.82, 2.24) is 19.3 Å². The van der Waals surface area contributed by atoms with E-state index in [0.717, 1.165) is 28.0 Å². The summed E-state index contributed by atoms with van der Waals surface area (Å²) in [5, 5.41) is 9.80. The van der Waals surface area contributed by atoms with E-state index in [1.165, 1.54) is 24.8 Å². The predicted molar refractivity (Wildman–Crippen MR) is 152 cm³/mol. The number of ether oxygens (including phenoxy) is 1. The van der Waals surface area contributed by atoms with Gasteiger partial charge in [0.25, 0.3) is 0 Å². The van der Waals surface area contributed by atoms with Crippen LogP contribution in [0.15, 0.2) is 77.1 Å². The van der Waals surface area contributed by atoms with Gasteiger partial charge < -0.3 is 10.1 Å². The zero-order valence-corrected chi connectivity index (χ0v) is 23.0. The van der Waals surface area contributed by atoms with Crippen LogP contribution in [0.1, 0.15) is 20.8 Å². The molecule has 13 heteroatoms. The van der Waals surface area contributed by atoms with Crippen LogP contribution in [-0.2, 0) is 27.8 Å². The zero-order valence-electron chi connectivity index (χ0n) is 20.6. The number of aromatic nitrogens is 3. The minimum atomic E-state index is -3.92. The maximum absolute atomic E-state index is 12.8. The number of anilines is 1. The molecule has 196 valence electrons. The Balaban J connectivity index is 1.34. The minimum Gasteiger partial charge on any atom is -0.465 e. The summed E-state index contributed by atoms with van der Waals surface area (Å²) in [6.07, 6.45) is 1.54. The maximum Gasteiger partial charge on any atom is 0.349 e. The highest BCUT2D eigenvalue weighted by atomic mass is 35.5. The largest absolute Gasteiger partial charge is 0.465 e. The Morgan fingerprint density at radius 1 is 1.10 bits per heavy atom. The van der Waals surface area contributed by atoms with E-state index in [-0.39, 0.29) is 16.3 Å². The van der Waals surface area contributed by atoms with Crippen LogP contribution in [0, 0.1) is 0 Å². The first-order valence-electron chi connectivity index (χ1n) is 11.6. The smallest absolute Gasteiger partial charge is 0.349 e. The normalized spacial score (nSPS) is 11.5. The van der Waals surface area contributed by atoms with Gasteiger partial charge in [-0.2, -0.15) is 9.61 Å². The number of halogens is 1. The van der Waals surface area contributed by atoms with Gasteiger partial charge in [0.2, 0.25) is 10.0 Å². The van der Waals surface area contributed by atoms with Crippen LogP contribution in [0.3, 0.4) is 0 Å². The summed E-state index contributed by atoms with van der Waals surface area (Å²) in [4.78, 5) is 16.5. The van der Waals surface area contributed by atoms with Gasteiger partial charge in [0, 0.05) is 35.9 Å². The lowest BCUT2D eigenvalue weighted by molar-refractivity contribution is 0.0602. The first-order valence-corrected chi connectivity index (χ1v) is 14.4. The van der Waals surface area contributed by atoms with Gasteiger partial charge >= 0.3 is 5.97 Å². The lowest BCUT2D eigenvalue weighted by Crippen LogP contribution is -2.24. The van der Waals surface area contributed by atoms with Gasteiger partial charge in [0.1, 0.15) is 23.4 Å². The Morgan fingerprint density at radius 2 is 1.87 bits per heavy atom. The van der Waals surface area contributed by atoms with Crippen molar-refractivity contribution in [2.24, 2.45) is 0 Å². The molecule has 39 heavy (non-hydrogen) atoms. The summed E-state index contributed by atoms with van der Waals surface area (Å²) >= 11 is 7.42. The second kappa shape index (κ2) is 11.2. The van der Waals surface area contributed by atoms with Crippen molar-refractivity contribution < 1.29 is 17.9 Å². The Hall–Kier alpha value is -3.71. The highest BCUT2D eigenvalue weighted by Gasteiger charge is 2.24. The second-order valence-corrected chi connectivity index (χ2v) is 11.5. The number of nitrogens with zero attached hydrogens (tertiary/aromatic N) is 3. The third-order valence-corrected chi connectivity index (χ3v) is 8.67. The van der Waals surface area contributed by atoms with Crippen LogP contribution in [0.4, 0.5) is 5.82 Å². The number of esters is 1. The topological polar surface area (TPSA) is 115 Å². The van der Waals surface area contributed by atoms with E-state index < -0.39 is 16.0 Å². The Bertz CT molecular complexity index is 1790. The summed E-state index contributed by atoms with van der Waals surface area (Å²) in [6.45, 7) is 0.455. The Labute approximate surface area is 235 Å². The van der Waals surface area contributed by atoms with E-state index in [4.69, 9.17) is 19.4 Å². The lowest BCUT2D eigenvalue weighted by Gasteiger charge is -2.13. The van der Waals surface area contributed by atoms with Crippen molar-refractivity contribution in [2.75, 3.05) is 12.4 Å². The molecule has 3 aromatic heterocycles. The molecule has 5 rings (SSSR count). The van der Waals surface area contributed by atoms with E-state index in [0.29, 0.717) is 34.2 Å². The highest BCUT2D eigenvalue weighted by molar-refractivity contribution is 7.89. The van der Waals surface area contributed by atoms with E-state index in [2.05, 4.69) is 24.9 Å². The minimum absolute atomic E-state index is 0.0297. The second-order valence-electron chi connectivity index (χ2n) is 8.45. The van der Waals surface area contributed by atoms with Crippen LogP contribution >= 0.6 is 22.9 Å². The van der Waals surface area contributed by atoms with Gasteiger partial charge in [0.05, 0.1) is 12.8 Å². The molecule has 0 unspecified atom stereocenters. The number of benzene rings is 2. The average molecular weight is 578 g/mol. The molecule has 0 aliphatic rings. The molecule has 0 saturated carbocycles. The summed E-state index contributed by atoms with van der Waals surface area (Å²) in [6, 6.07) is 18.1. The molecule has 0 aliphatic heterocycles. The number of fused-ring (bicyclic) bond motifs is 1. The fourth-order valence-electron chi connectivity index (χ4n) is 3.96. The van der Waals surface area contributed by atoms with Gasteiger partial charge in [-0.3, -0.25) is 0 Å². The number of rotatable bonds is 9. The number of carbonyl (C=O) groups is 1. The van der Waals surface area contributed by atoms with E-state index in [1.807, 2.05) is 48.5 Å². The highest BCUT2D eigenvalue weighted by Crippen LogP contribution is 2.28. The maximum atomic E-state index is 12.8. The van der Waals surface area contributed by atoms with Gasteiger partial charge in [0.15, 0.2) is 5.65 Å². The van der Waals surface area contributed by atoms with Crippen LogP contribution < -0.4 is 15.5 Å². The van der Waals surface area contributed by atoms with Gasteiger partial charge in [-0.05, 0) is 34.1 Å². The molecular formula is C26H21BClN5O4S2.